The standard InChI is InChI=1S/C17H12F6O3S2/c1-11-7-8-14-13(9-11)10-15(12-5-3-2-4-6-12)27(14,16(18,19)20)26-28(24,25)17(21,22)23/h2-10H,1H3. The first-order valence-corrected chi connectivity index (χ1v) is 10.6. The topological polar surface area (TPSA) is 43.4 Å². The highest BCUT2D eigenvalue weighted by Crippen LogP contribution is 2.80. The van der Waals surface area contributed by atoms with Gasteiger partial charge in [-0.2, -0.15) is 38.4 Å². The molecule has 2 aromatic rings. The minimum atomic E-state index is -6.54. The molecule has 0 radical (unpaired) electrons. The van der Waals surface area contributed by atoms with Gasteiger partial charge in [0.25, 0.3) is 0 Å². The first-order valence-electron chi connectivity index (χ1n) is 7.59. The number of hydrogen-bond acceptors (Lipinski definition) is 3. The average molecular weight is 442 g/mol. The first kappa shape index (κ1) is 20.7. The molecule has 0 spiro atoms. The Hall–Kier alpha value is -1.98. The number of rotatable bonds is 3. The minimum Gasteiger partial charge on any atom is -0.196 e. The van der Waals surface area contributed by atoms with Crippen molar-refractivity contribution >= 4 is 31.4 Å². The van der Waals surface area contributed by atoms with E-state index in [0.717, 1.165) is 12.1 Å². The molecule has 28 heavy (non-hydrogen) atoms. The van der Waals surface area contributed by atoms with Crippen molar-refractivity contribution in [1.82, 2.24) is 0 Å². The lowest BCUT2D eigenvalue weighted by molar-refractivity contribution is -0.0543. The molecular formula is C17H12F6O3S2. The number of alkyl halides is 6. The van der Waals surface area contributed by atoms with E-state index in [2.05, 4.69) is 3.63 Å². The summed E-state index contributed by atoms with van der Waals surface area (Å²) >= 11 is 0. The second kappa shape index (κ2) is 6.53. The maximum atomic E-state index is 14.3. The molecule has 1 atom stereocenters. The number of hydrogen-bond donors (Lipinski definition) is 0. The van der Waals surface area contributed by atoms with Crippen LogP contribution < -0.4 is 0 Å². The van der Waals surface area contributed by atoms with Crippen LogP contribution in [-0.2, 0) is 13.7 Å². The molecule has 11 heteroatoms. The molecule has 152 valence electrons. The maximum Gasteiger partial charge on any atom is 0.523 e. The molecular weight excluding hydrogens is 430 g/mol. The molecule has 0 fully saturated rings. The molecule has 0 bridgehead atoms. The highest BCUT2D eigenvalue weighted by molar-refractivity contribution is 8.41. The van der Waals surface area contributed by atoms with Crippen LogP contribution in [0.25, 0.3) is 11.0 Å². The summed E-state index contributed by atoms with van der Waals surface area (Å²) in [6.07, 6.45) is 1.03. The van der Waals surface area contributed by atoms with Gasteiger partial charge in [-0.1, -0.05) is 48.0 Å². The summed E-state index contributed by atoms with van der Waals surface area (Å²) in [6.45, 7) is 1.59. The molecule has 1 aliphatic rings. The molecule has 1 aliphatic heterocycles. The number of aryl methyl sites for hydroxylation is 1. The Bertz CT molecular complexity index is 1040. The third-order valence-electron chi connectivity index (χ3n) is 3.93. The normalized spacial score (nSPS) is 22.3. The van der Waals surface area contributed by atoms with Gasteiger partial charge in [-0.3, -0.25) is 0 Å². The van der Waals surface area contributed by atoms with Crippen LogP contribution in [0, 0.1) is 6.92 Å². The van der Waals surface area contributed by atoms with Crippen LogP contribution in [0.2, 0.25) is 0 Å². The van der Waals surface area contributed by atoms with E-state index in [-0.39, 0.29) is 11.1 Å². The van der Waals surface area contributed by atoms with Gasteiger partial charge < -0.3 is 0 Å². The fourth-order valence-corrected chi connectivity index (χ4v) is 7.26. The molecule has 2 aromatic carbocycles. The van der Waals surface area contributed by atoms with Gasteiger partial charge in [0.1, 0.15) is 0 Å². The van der Waals surface area contributed by atoms with Crippen molar-refractivity contribution in [2.75, 3.05) is 0 Å². The Morgan fingerprint density at radius 2 is 1.54 bits per heavy atom. The minimum absolute atomic E-state index is 0.0384. The molecule has 0 aliphatic carbocycles. The van der Waals surface area contributed by atoms with Crippen LogP contribution in [0.5, 0.6) is 0 Å². The molecule has 0 saturated carbocycles. The number of fused-ring (bicyclic) bond motifs is 1. The molecule has 0 amide bonds. The molecule has 0 saturated heterocycles. The van der Waals surface area contributed by atoms with Crippen molar-refractivity contribution in [3.8, 4) is 0 Å². The Labute approximate surface area is 158 Å². The molecule has 1 unspecified atom stereocenters. The van der Waals surface area contributed by atoms with E-state index in [4.69, 9.17) is 0 Å². The van der Waals surface area contributed by atoms with Gasteiger partial charge in [-0.15, -0.1) is 0 Å². The SMILES string of the molecule is Cc1ccc2c(c1)C=C(c1ccccc1)S2(OS(=O)(=O)C(F)(F)F)C(F)(F)F. The van der Waals surface area contributed by atoms with Crippen molar-refractivity contribution in [2.24, 2.45) is 0 Å². The lowest BCUT2D eigenvalue weighted by atomic mass is 10.1. The van der Waals surface area contributed by atoms with E-state index >= 15 is 0 Å². The molecule has 0 N–H and O–H groups in total. The zero-order chi connectivity index (χ0) is 21.0. The van der Waals surface area contributed by atoms with Gasteiger partial charge in [0.05, 0.1) is 0 Å². The van der Waals surface area contributed by atoms with E-state index < -0.39 is 41.2 Å². The van der Waals surface area contributed by atoms with Gasteiger partial charge in [0.15, 0.2) is 0 Å². The van der Waals surface area contributed by atoms with Gasteiger partial charge in [0.2, 0.25) is 0 Å². The predicted octanol–water partition coefficient (Wildman–Crippen LogP) is 5.97. The van der Waals surface area contributed by atoms with Crippen LogP contribution in [0.3, 0.4) is 0 Å². The summed E-state index contributed by atoms with van der Waals surface area (Å²) < 4.78 is 109. The summed E-state index contributed by atoms with van der Waals surface area (Å²) in [4.78, 5) is -1.30. The van der Waals surface area contributed by atoms with Crippen molar-refractivity contribution in [3.05, 3.63) is 65.2 Å². The van der Waals surface area contributed by atoms with E-state index in [1.54, 1.807) is 6.92 Å². The maximum absolute atomic E-state index is 14.3. The second-order valence-corrected chi connectivity index (χ2v) is 10.3. The summed E-state index contributed by atoms with van der Waals surface area (Å²) in [5.74, 6) is 0. The molecule has 1 heterocycles. The van der Waals surface area contributed by atoms with Crippen molar-refractivity contribution in [3.63, 3.8) is 0 Å². The first-order chi connectivity index (χ1) is 12.8. The Kier molecular flexibility index (Phi) is 4.84. The summed E-state index contributed by atoms with van der Waals surface area (Å²) in [5.41, 5.74) is -11.0. The summed E-state index contributed by atoms with van der Waals surface area (Å²) in [5, 5.41) is 0. The van der Waals surface area contributed by atoms with Gasteiger partial charge >= 0.3 is 21.1 Å². The lowest BCUT2D eigenvalue weighted by Gasteiger charge is -2.39. The van der Waals surface area contributed by atoms with Crippen LogP contribution in [0.4, 0.5) is 26.3 Å². The number of benzene rings is 2. The van der Waals surface area contributed by atoms with Crippen molar-refractivity contribution in [1.29, 1.82) is 0 Å². The van der Waals surface area contributed by atoms with Gasteiger partial charge in [-0.05, 0) is 30.2 Å². The third kappa shape index (κ3) is 3.20. The molecule has 0 aromatic heterocycles. The number of halogens is 6. The largest absolute Gasteiger partial charge is 0.523 e. The molecule has 3 nitrogen and oxygen atoms in total. The van der Waals surface area contributed by atoms with Crippen LogP contribution in [0.15, 0.2) is 53.4 Å². The molecule has 3 rings (SSSR count). The van der Waals surface area contributed by atoms with Gasteiger partial charge in [0, 0.05) is 20.1 Å². The van der Waals surface area contributed by atoms with Crippen molar-refractivity contribution < 1.29 is 38.4 Å². The Balaban J connectivity index is 2.36. The quantitative estimate of drug-likeness (QED) is 0.435. The predicted molar refractivity (Wildman–Crippen MR) is 93.5 cm³/mol. The lowest BCUT2D eigenvalue weighted by Crippen LogP contribution is -2.32. The highest BCUT2D eigenvalue weighted by Gasteiger charge is 2.64. The van der Waals surface area contributed by atoms with E-state index in [0.29, 0.717) is 5.56 Å². The smallest absolute Gasteiger partial charge is 0.196 e. The summed E-state index contributed by atoms with van der Waals surface area (Å²) in [6, 6.07) is 10.4. The summed E-state index contributed by atoms with van der Waals surface area (Å²) in [7, 11) is -11.6. The van der Waals surface area contributed by atoms with E-state index in [1.165, 1.54) is 42.5 Å². The van der Waals surface area contributed by atoms with Gasteiger partial charge in [-0.25, -0.2) is 0 Å². The van der Waals surface area contributed by atoms with Crippen LogP contribution >= 0.6 is 10.3 Å². The van der Waals surface area contributed by atoms with Crippen molar-refractivity contribution in [2.45, 2.75) is 22.8 Å². The fourth-order valence-electron chi connectivity index (χ4n) is 2.77. The van der Waals surface area contributed by atoms with E-state index in [1.807, 2.05) is 0 Å². The third-order valence-corrected chi connectivity index (χ3v) is 8.65. The fraction of sp³-hybridized carbons (Fsp3) is 0.176. The van der Waals surface area contributed by atoms with E-state index in [9.17, 15) is 34.8 Å². The monoisotopic (exact) mass is 442 g/mol. The van der Waals surface area contributed by atoms with Crippen LogP contribution in [0.1, 0.15) is 16.7 Å². The van der Waals surface area contributed by atoms with Crippen LogP contribution in [-0.4, -0.2) is 19.4 Å². The average Bonchev–Trinajstić information content (AvgIpc) is 2.88. The Morgan fingerprint density at radius 3 is 2.07 bits per heavy atom. The highest BCUT2D eigenvalue weighted by atomic mass is 32.3. The Morgan fingerprint density at radius 1 is 0.929 bits per heavy atom. The second-order valence-electron chi connectivity index (χ2n) is 5.89. The zero-order valence-electron chi connectivity index (χ0n) is 14.0. The zero-order valence-corrected chi connectivity index (χ0v) is 15.6.